The number of hydrogen-bond acceptors (Lipinski definition) is 6. The number of amides is 1. The van der Waals surface area contributed by atoms with E-state index in [-0.39, 0.29) is 5.91 Å². The molecule has 0 aliphatic carbocycles. The van der Waals surface area contributed by atoms with Gasteiger partial charge in [-0.15, -0.1) is 10.2 Å². The predicted molar refractivity (Wildman–Crippen MR) is 108 cm³/mol. The van der Waals surface area contributed by atoms with Crippen molar-refractivity contribution in [3.8, 4) is 22.6 Å². The maximum absolute atomic E-state index is 11.6. The number of pyridine rings is 1. The molecular weight excluding hydrogens is 358 g/mol. The van der Waals surface area contributed by atoms with Crippen LogP contribution in [0.15, 0.2) is 24.4 Å². The number of anilines is 1. The Kier molecular flexibility index (Phi) is 5.51. The van der Waals surface area contributed by atoms with Crippen LogP contribution in [0.3, 0.4) is 0 Å². The van der Waals surface area contributed by atoms with Crippen LogP contribution < -0.4 is 14.8 Å². The van der Waals surface area contributed by atoms with Crippen LogP contribution in [0.1, 0.15) is 18.3 Å². The number of aromatic nitrogens is 3. The number of nitrogens with one attached hydrogen (secondary N) is 1. The van der Waals surface area contributed by atoms with Crippen molar-refractivity contribution < 1.29 is 14.3 Å². The van der Waals surface area contributed by atoms with Crippen LogP contribution >= 0.6 is 0 Å². The van der Waals surface area contributed by atoms with Crippen molar-refractivity contribution in [2.75, 3.05) is 33.6 Å². The van der Waals surface area contributed by atoms with Gasteiger partial charge in [-0.2, -0.15) is 0 Å². The van der Waals surface area contributed by atoms with Gasteiger partial charge in [-0.1, -0.05) is 0 Å². The number of methoxy groups -OCH3 is 2. The number of benzene rings is 1. The van der Waals surface area contributed by atoms with E-state index in [1.165, 1.54) is 6.92 Å². The average molecular weight is 383 g/mol. The molecule has 2 aromatic heterocycles. The van der Waals surface area contributed by atoms with Crippen LogP contribution in [0.4, 0.5) is 5.69 Å². The molecule has 0 fully saturated rings. The molecule has 3 rings (SSSR count). The Hall–Kier alpha value is -3.13. The Labute approximate surface area is 164 Å². The highest BCUT2D eigenvalue weighted by Gasteiger charge is 2.17. The van der Waals surface area contributed by atoms with Gasteiger partial charge in [0, 0.05) is 25.2 Å². The molecule has 148 valence electrons. The van der Waals surface area contributed by atoms with Gasteiger partial charge < -0.3 is 19.7 Å². The summed E-state index contributed by atoms with van der Waals surface area (Å²) in [7, 11) is 7.28. The Morgan fingerprint density at radius 2 is 1.75 bits per heavy atom. The van der Waals surface area contributed by atoms with Crippen molar-refractivity contribution >= 4 is 17.2 Å². The molecule has 1 N–H and O–H groups in total. The summed E-state index contributed by atoms with van der Waals surface area (Å²) in [4.78, 5) is 13.7. The SMILES string of the molecule is COc1cc(-c2cc(NC(C)=O)c3nnc(C)n3c2)cc(OC)c1CN(C)C. The molecule has 28 heavy (non-hydrogen) atoms. The van der Waals surface area contributed by atoms with Crippen molar-refractivity contribution in [2.45, 2.75) is 20.4 Å². The molecule has 1 aromatic carbocycles. The monoisotopic (exact) mass is 383 g/mol. The molecule has 0 spiro atoms. The number of nitrogens with zero attached hydrogens (tertiary/aromatic N) is 4. The molecule has 0 bridgehead atoms. The first-order valence-corrected chi connectivity index (χ1v) is 8.87. The van der Waals surface area contributed by atoms with Crippen molar-refractivity contribution in [3.05, 3.63) is 35.8 Å². The first kappa shape index (κ1) is 19.6. The highest BCUT2D eigenvalue weighted by Crippen LogP contribution is 2.37. The molecular formula is C20H25N5O3. The highest BCUT2D eigenvalue weighted by molar-refractivity contribution is 5.94. The van der Waals surface area contributed by atoms with Crippen LogP contribution in [0, 0.1) is 6.92 Å². The molecule has 0 saturated carbocycles. The normalized spacial score (nSPS) is 11.1. The summed E-state index contributed by atoms with van der Waals surface area (Å²) in [6, 6.07) is 5.82. The van der Waals surface area contributed by atoms with Crippen molar-refractivity contribution in [3.63, 3.8) is 0 Å². The van der Waals surface area contributed by atoms with Gasteiger partial charge in [0.1, 0.15) is 17.3 Å². The zero-order chi connectivity index (χ0) is 20.4. The summed E-state index contributed by atoms with van der Waals surface area (Å²) in [5.74, 6) is 2.04. The summed E-state index contributed by atoms with van der Waals surface area (Å²) < 4.78 is 13.1. The lowest BCUT2D eigenvalue weighted by molar-refractivity contribution is -0.114. The minimum atomic E-state index is -0.170. The van der Waals surface area contributed by atoms with E-state index < -0.39 is 0 Å². The molecule has 0 aliphatic rings. The number of carbonyl (C=O) groups is 1. The Morgan fingerprint density at radius 1 is 1.11 bits per heavy atom. The summed E-state index contributed by atoms with van der Waals surface area (Å²) in [5, 5.41) is 11.1. The number of fused-ring (bicyclic) bond motifs is 1. The molecule has 2 heterocycles. The first-order chi connectivity index (χ1) is 13.3. The second-order valence-electron chi connectivity index (χ2n) is 6.86. The number of carbonyl (C=O) groups excluding carboxylic acids is 1. The fourth-order valence-corrected chi connectivity index (χ4v) is 3.17. The molecule has 1 amide bonds. The lowest BCUT2D eigenvalue weighted by Crippen LogP contribution is -2.13. The summed E-state index contributed by atoms with van der Waals surface area (Å²) in [6.07, 6.45) is 1.94. The fraction of sp³-hybridized carbons (Fsp3) is 0.350. The van der Waals surface area contributed by atoms with Crippen LogP contribution in [0.2, 0.25) is 0 Å². The number of rotatable bonds is 6. The van der Waals surface area contributed by atoms with Gasteiger partial charge in [0.05, 0.1) is 25.5 Å². The van der Waals surface area contributed by atoms with Gasteiger partial charge in [0.25, 0.3) is 0 Å². The van der Waals surface area contributed by atoms with Gasteiger partial charge >= 0.3 is 0 Å². The quantitative estimate of drug-likeness (QED) is 0.705. The van der Waals surface area contributed by atoms with Crippen LogP contribution in [-0.2, 0) is 11.3 Å². The third-order valence-electron chi connectivity index (χ3n) is 4.40. The molecule has 0 atom stereocenters. The standard InChI is InChI=1S/C20H25N5O3/c1-12-22-23-20-17(21-13(2)26)7-15(10-25(12)20)14-8-18(27-5)16(11-24(3)4)19(9-14)28-6/h7-10H,11H2,1-6H3,(H,21,26). The lowest BCUT2D eigenvalue weighted by atomic mass is 10.0. The second-order valence-corrected chi connectivity index (χ2v) is 6.86. The third kappa shape index (κ3) is 3.77. The van der Waals surface area contributed by atoms with Crippen molar-refractivity contribution in [1.29, 1.82) is 0 Å². The van der Waals surface area contributed by atoms with E-state index in [0.29, 0.717) is 17.9 Å². The van der Waals surface area contributed by atoms with Gasteiger partial charge in [0.2, 0.25) is 5.91 Å². The maximum Gasteiger partial charge on any atom is 0.221 e. The van der Waals surface area contributed by atoms with Crippen LogP contribution in [0.5, 0.6) is 11.5 Å². The molecule has 3 aromatic rings. The van der Waals surface area contributed by atoms with E-state index in [2.05, 4.69) is 20.4 Å². The molecule has 8 nitrogen and oxygen atoms in total. The molecule has 0 unspecified atom stereocenters. The molecule has 0 aliphatic heterocycles. The van der Waals surface area contributed by atoms with Crippen LogP contribution in [-0.4, -0.2) is 53.7 Å². The van der Waals surface area contributed by atoms with Crippen molar-refractivity contribution in [1.82, 2.24) is 19.5 Å². The zero-order valence-corrected chi connectivity index (χ0v) is 17.0. The molecule has 8 heteroatoms. The number of ether oxygens (including phenoxy) is 2. The molecule has 0 saturated heterocycles. The third-order valence-corrected chi connectivity index (χ3v) is 4.40. The van der Waals surface area contributed by atoms with Gasteiger partial charge in [0.15, 0.2) is 5.65 Å². The lowest BCUT2D eigenvalue weighted by Gasteiger charge is -2.19. The van der Waals surface area contributed by atoms with E-state index in [0.717, 1.165) is 34.0 Å². The average Bonchev–Trinajstić information content (AvgIpc) is 3.02. The van der Waals surface area contributed by atoms with Gasteiger partial charge in [-0.3, -0.25) is 9.20 Å². The first-order valence-electron chi connectivity index (χ1n) is 8.87. The number of aryl methyl sites for hydroxylation is 1. The Bertz CT molecular complexity index is 1000. The maximum atomic E-state index is 11.6. The minimum absolute atomic E-state index is 0.170. The van der Waals surface area contributed by atoms with E-state index >= 15 is 0 Å². The summed E-state index contributed by atoms with van der Waals surface area (Å²) in [5.41, 5.74) is 3.95. The fourth-order valence-electron chi connectivity index (χ4n) is 3.17. The van der Waals surface area contributed by atoms with Crippen molar-refractivity contribution in [2.24, 2.45) is 0 Å². The Balaban J connectivity index is 2.21. The van der Waals surface area contributed by atoms with Crippen LogP contribution in [0.25, 0.3) is 16.8 Å². The minimum Gasteiger partial charge on any atom is -0.496 e. The van der Waals surface area contributed by atoms with E-state index in [1.807, 2.05) is 49.8 Å². The second kappa shape index (κ2) is 7.85. The topological polar surface area (TPSA) is 81.0 Å². The van der Waals surface area contributed by atoms with E-state index in [4.69, 9.17) is 9.47 Å². The largest absolute Gasteiger partial charge is 0.496 e. The highest BCUT2D eigenvalue weighted by atomic mass is 16.5. The van der Waals surface area contributed by atoms with Gasteiger partial charge in [-0.05, 0) is 44.8 Å². The smallest absolute Gasteiger partial charge is 0.221 e. The number of hydrogen-bond donors (Lipinski definition) is 1. The summed E-state index contributed by atoms with van der Waals surface area (Å²) in [6.45, 7) is 4.02. The zero-order valence-electron chi connectivity index (χ0n) is 17.0. The summed E-state index contributed by atoms with van der Waals surface area (Å²) >= 11 is 0. The van der Waals surface area contributed by atoms with Gasteiger partial charge in [-0.25, -0.2) is 0 Å². The van der Waals surface area contributed by atoms with E-state index in [9.17, 15) is 4.79 Å². The van der Waals surface area contributed by atoms with E-state index in [1.54, 1.807) is 14.2 Å². The Morgan fingerprint density at radius 3 is 2.29 bits per heavy atom. The predicted octanol–water partition coefficient (Wildman–Crippen LogP) is 2.74. The molecule has 0 radical (unpaired) electrons.